The van der Waals surface area contributed by atoms with Crippen LogP contribution in [-0.4, -0.2) is 77.0 Å². The SMILES string of the molecule is O.O.[Al].[Ca].[Si]. The third-order valence-electron chi connectivity index (χ3n) is 0. The van der Waals surface area contributed by atoms with Gasteiger partial charge in [0.2, 0.25) is 0 Å². The first-order valence-electron chi connectivity index (χ1n) is 0. The molecule has 0 aliphatic heterocycles. The predicted octanol–water partition coefficient (Wildman–Crippen LogP) is -2.79. The maximum atomic E-state index is 0. The minimum Gasteiger partial charge on any atom is -0.412 e. The van der Waals surface area contributed by atoms with Gasteiger partial charge in [-0.05, 0) is 0 Å². The maximum absolute atomic E-state index is 0. The van der Waals surface area contributed by atoms with Crippen molar-refractivity contribution in [3.63, 3.8) is 0 Å². The second-order valence-electron chi connectivity index (χ2n) is 0. The molecule has 4 N–H and O–H groups in total. The van der Waals surface area contributed by atoms with E-state index in [1.807, 2.05) is 0 Å². The summed E-state index contributed by atoms with van der Waals surface area (Å²) in [5, 5.41) is 0. The van der Waals surface area contributed by atoms with E-state index < -0.39 is 0 Å². The van der Waals surface area contributed by atoms with Gasteiger partial charge in [0.25, 0.3) is 0 Å². The van der Waals surface area contributed by atoms with E-state index >= 15 is 0 Å². The Bertz CT molecular complexity index is 9.61. The summed E-state index contributed by atoms with van der Waals surface area (Å²) in [6.07, 6.45) is 0. The van der Waals surface area contributed by atoms with E-state index in [2.05, 4.69) is 0 Å². The van der Waals surface area contributed by atoms with Gasteiger partial charge < -0.3 is 11.0 Å². The van der Waals surface area contributed by atoms with E-state index in [9.17, 15) is 0 Å². The molecule has 0 aliphatic carbocycles. The molecule has 0 heterocycles. The van der Waals surface area contributed by atoms with Gasteiger partial charge in [0.05, 0.1) is 0 Å². The van der Waals surface area contributed by atoms with E-state index in [1.165, 1.54) is 0 Å². The zero-order chi connectivity index (χ0) is 0. The molecule has 0 amide bonds. The van der Waals surface area contributed by atoms with E-state index in [0.29, 0.717) is 0 Å². The molecular formula is H4AlCaO2Si. The van der Waals surface area contributed by atoms with Crippen LogP contribution in [0.5, 0.6) is 0 Å². The minimum atomic E-state index is 0. The quantitative estimate of drug-likeness (QED) is 0.319. The van der Waals surface area contributed by atoms with Crippen LogP contribution >= 0.6 is 0 Å². The Hall–Kier alpha value is 1.93. The van der Waals surface area contributed by atoms with E-state index in [0.717, 1.165) is 0 Å². The van der Waals surface area contributed by atoms with Gasteiger partial charge in [-0.15, -0.1) is 0 Å². The van der Waals surface area contributed by atoms with Crippen molar-refractivity contribution in [2.24, 2.45) is 0 Å². The molecule has 0 aromatic heterocycles. The van der Waals surface area contributed by atoms with Gasteiger partial charge in [-0.25, -0.2) is 0 Å². The summed E-state index contributed by atoms with van der Waals surface area (Å²) in [6, 6.07) is 0. The summed E-state index contributed by atoms with van der Waals surface area (Å²) in [5.74, 6) is 0. The fourth-order valence-electron chi connectivity index (χ4n) is 0. The standard InChI is InChI=1S/Al.Ca.2H2O.Si/h;;2*1H2;. The second kappa shape index (κ2) is 38.7. The van der Waals surface area contributed by atoms with Crippen molar-refractivity contribution < 1.29 is 11.0 Å². The monoisotopic (exact) mass is 131 g/mol. The molecule has 0 aromatic carbocycles. The van der Waals surface area contributed by atoms with Crippen LogP contribution in [0.1, 0.15) is 0 Å². The fourth-order valence-corrected chi connectivity index (χ4v) is 0. The molecule has 25 valence electrons. The molecule has 0 aliphatic rings. The van der Waals surface area contributed by atoms with Crippen molar-refractivity contribution in [2.45, 2.75) is 0 Å². The van der Waals surface area contributed by atoms with Crippen molar-refractivity contribution in [1.29, 1.82) is 0 Å². The van der Waals surface area contributed by atoms with Crippen LogP contribution in [0.3, 0.4) is 0 Å². The van der Waals surface area contributed by atoms with Crippen molar-refractivity contribution in [3.05, 3.63) is 0 Å². The third-order valence-corrected chi connectivity index (χ3v) is 0. The van der Waals surface area contributed by atoms with Crippen molar-refractivity contribution >= 4 is 66.1 Å². The predicted molar refractivity (Wildman–Crippen MR) is 24.5 cm³/mol. The molecule has 0 saturated heterocycles. The smallest absolute Gasteiger partial charge is 0 e. The largest absolute Gasteiger partial charge is 0.412 e. The van der Waals surface area contributed by atoms with Crippen molar-refractivity contribution in [2.75, 3.05) is 0 Å². The van der Waals surface area contributed by atoms with E-state index in [1.54, 1.807) is 0 Å². The number of rotatable bonds is 0. The molecule has 0 bridgehead atoms. The second-order valence-corrected chi connectivity index (χ2v) is 0. The zero-order valence-electron chi connectivity index (χ0n) is 2.78. The molecule has 0 fully saturated rings. The van der Waals surface area contributed by atoms with Crippen molar-refractivity contribution in [1.82, 2.24) is 0 Å². The molecule has 9 radical (unpaired) electrons. The van der Waals surface area contributed by atoms with Gasteiger partial charge in [-0.1, -0.05) is 0 Å². The summed E-state index contributed by atoms with van der Waals surface area (Å²) in [6.45, 7) is 0. The topological polar surface area (TPSA) is 63.0 Å². The van der Waals surface area contributed by atoms with Gasteiger partial charge >= 0.3 is 0 Å². The first-order valence-corrected chi connectivity index (χ1v) is 0. The Morgan fingerprint density at radius 3 is 0.800 bits per heavy atom. The first-order chi connectivity index (χ1) is 0. The molecule has 0 saturated carbocycles. The normalized spacial score (nSPS) is 0. The summed E-state index contributed by atoms with van der Waals surface area (Å²) in [7, 11) is 0. The van der Waals surface area contributed by atoms with Crippen LogP contribution in [-0.2, 0) is 0 Å². The Morgan fingerprint density at radius 2 is 0.800 bits per heavy atom. The molecule has 0 atom stereocenters. The zero-order valence-corrected chi connectivity index (χ0v) is 7.15. The number of hydrogen-bond acceptors (Lipinski definition) is 0. The molecule has 0 spiro atoms. The van der Waals surface area contributed by atoms with Gasteiger partial charge in [0.15, 0.2) is 0 Å². The fraction of sp³-hybridized carbons (Fsp3) is 0. The van der Waals surface area contributed by atoms with Crippen LogP contribution in [0.4, 0.5) is 0 Å². The van der Waals surface area contributed by atoms with Gasteiger partial charge in [0, 0.05) is 66.1 Å². The maximum Gasteiger partial charge on any atom is 0 e. The minimum absolute atomic E-state index is 0. The van der Waals surface area contributed by atoms with Gasteiger partial charge in [-0.3, -0.25) is 0 Å². The van der Waals surface area contributed by atoms with Gasteiger partial charge in [-0.2, -0.15) is 0 Å². The molecule has 0 aromatic rings. The van der Waals surface area contributed by atoms with E-state index in [4.69, 9.17) is 0 Å². The molecule has 0 unspecified atom stereocenters. The van der Waals surface area contributed by atoms with Crippen molar-refractivity contribution in [3.8, 4) is 0 Å². The van der Waals surface area contributed by atoms with Crippen LogP contribution in [0, 0.1) is 0 Å². The average Bonchev–Trinajstić information content (AvgIpc) is 0. The Labute approximate surface area is 76.1 Å². The first kappa shape index (κ1) is 65.5. The number of hydrogen-bond donors (Lipinski definition) is 0. The molecular weight excluding hydrogens is 127 g/mol. The molecule has 5 heteroatoms. The summed E-state index contributed by atoms with van der Waals surface area (Å²) in [5.41, 5.74) is 0. The summed E-state index contributed by atoms with van der Waals surface area (Å²) in [4.78, 5) is 0. The summed E-state index contributed by atoms with van der Waals surface area (Å²) >= 11 is 0. The summed E-state index contributed by atoms with van der Waals surface area (Å²) < 4.78 is 0. The Morgan fingerprint density at radius 1 is 0.800 bits per heavy atom. The van der Waals surface area contributed by atoms with Crippen LogP contribution in [0.2, 0.25) is 0 Å². The van der Waals surface area contributed by atoms with E-state index in [-0.39, 0.29) is 77.0 Å². The third kappa shape index (κ3) is 24.6. The van der Waals surface area contributed by atoms with Crippen LogP contribution in [0.25, 0.3) is 0 Å². The van der Waals surface area contributed by atoms with Gasteiger partial charge in [0.1, 0.15) is 0 Å². The molecule has 5 heavy (non-hydrogen) atoms. The Balaban J connectivity index is 0. The van der Waals surface area contributed by atoms with Crippen LogP contribution < -0.4 is 0 Å². The molecule has 0 rings (SSSR count). The van der Waals surface area contributed by atoms with Crippen LogP contribution in [0.15, 0.2) is 0 Å². The average molecular weight is 131 g/mol. The molecule has 2 nitrogen and oxygen atoms in total. The Kier molecular flexibility index (Phi) is 507.